The highest BCUT2D eigenvalue weighted by Crippen LogP contribution is 2.36. The maximum absolute atomic E-state index is 12.3. The van der Waals surface area contributed by atoms with E-state index in [4.69, 9.17) is 0 Å². The number of hydrogen-bond acceptors (Lipinski definition) is 5. The number of carbonyl (C=O) groups excluding carboxylic acids is 2. The van der Waals surface area contributed by atoms with E-state index in [0.717, 1.165) is 31.2 Å². The average Bonchev–Trinajstić information content (AvgIpc) is 2.66. The Balaban J connectivity index is 1.96. The molecule has 25 heavy (non-hydrogen) atoms. The fourth-order valence-corrected chi connectivity index (χ4v) is 4.28. The summed E-state index contributed by atoms with van der Waals surface area (Å²) in [5, 5.41) is 15.8. The largest absolute Gasteiger partial charge is 0.353 e. The smallest absolute Gasteiger partial charge is 0.239 e. The Kier molecular flexibility index (Phi) is 6.97. The van der Waals surface area contributed by atoms with Crippen molar-refractivity contribution >= 4 is 28.2 Å². The van der Waals surface area contributed by atoms with Crippen LogP contribution in [0.5, 0.6) is 0 Å². The van der Waals surface area contributed by atoms with Crippen molar-refractivity contribution in [2.75, 3.05) is 25.5 Å². The van der Waals surface area contributed by atoms with Gasteiger partial charge in [0.15, 0.2) is 0 Å². The molecule has 1 aliphatic rings. The average molecular weight is 362 g/mol. The van der Waals surface area contributed by atoms with Crippen LogP contribution in [0.4, 0.5) is 5.00 Å². The summed E-state index contributed by atoms with van der Waals surface area (Å²) in [6, 6.07) is 2.34. The third kappa shape index (κ3) is 5.55. The number of aryl methyl sites for hydroxylation is 1. The Morgan fingerprint density at radius 2 is 1.88 bits per heavy atom. The molecule has 0 atom stereocenters. The first kappa shape index (κ1) is 19.4. The first-order valence-electron chi connectivity index (χ1n) is 8.73. The van der Waals surface area contributed by atoms with Crippen LogP contribution < -0.4 is 10.6 Å². The van der Waals surface area contributed by atoms with E-state index in [9.17, 15) is 14.9 Å². The highest BCUT2D eigenvalue weighted by atomic mass is 32.1. The van der Waals surface area contributed by atoms with E-state index in [1.54, 1.807) is 11.9 Å². The molecule has 2 amide bonds. The monoisotopic (exact) mass is 362 g/mol. The molecule has 0 radical (unpaired) electrons. The lowest BCUT2D eigenvalue weighted by Crippen LogP contribution is -2.41. The fourth-order valence-electron chi connectivity index (χ4n) is 3.03. The molecule has 0 bridgehead atoms. The van der Waals surface area contributed by atoms with E-state index < -0.39 is 0 Å². The van der Waals surface area contributed by atoms with Crippen molar-refractivity contribution in [3.05, 3.63) is 16.0 Å². The van der Waals surface area contributed by atoms with Crippen LogP contribution in [-0.2, 0) is 22.4 Å². The van der Waals surface area contributed by atoms with Crippen LogP contribution in [0.25, 0.3) is 0 Å². The molecule has 7 heteroatoms. The van der Waals surface area contributed by atoms with E-state index in [-0.39, 0.29) is 30.9 Å². The normalized spacial score (nSPS) is 13.9. The molecule has 0 aromatic carbocycles. The molecule has 1 heterocycles. The quantitative estimate of drug-likeness (QED) is 0.760. The summed E-state index contributed by atoms with van der Waals surface area (Å²) in [5.74, 6) is -0.307. The van der Waals surface area contributed by atoms with E-state index in [1.165, 1.54) is 22.6 Å². The van der Waals surface area contributed by atoms with E-state index in [1.807, 2.05) is 13.8 Å². The maximum Gasteiger partial charge on any atom is 0.239 e. The van der Waals surface area contributed by atoms with Gasteiger partial charge in [0.1, 0.15) is 11.1 Å². The minimum atomic E-state index is -0.201. The van der Waals surface area contributed by atoms with Crippen LogP contribution in [0.2, 0.25) is 0 Å². The van der Waals surface area contributed by atoms with Crippen molar-refractivity contribution in [3.63, 3.8) is 0 Å². The molecule has 0 fully saturated rings. The second kappa shape index (κ2) is 8.97. The highest BCUT2D eigenvalue weighted by Gasteiger charge is 2.21. The van der Waals surface area contributed by atoms with E-state index in [2.05, 4.69) is 16.7 Å². The Bertz CT molecular complexity index is 675. The van der Waals surface area contributed by atoms with Crippen LogP contribution in [0, 0.1) is 11.3 Å². The molecule has 0 spiro atoms. The lowest BCUT2D eigenvalue weighted by atomic mass is 10.1. The van der Waals surface area contributed by atoms with Gasteiger partial charge in [-0.2, -0.15) is 5.26 Å². The lowest BCUT2D eigenvalue weighted by Gasteiger charge is -2.16. The van der Waals surface area contributed by atoms with Gasteiger partial charge in [-0.25, -0.2) is 0 Å². The van der Waals surface area contributed by atoms with Crippen LogP contribution in [0.15, 0.2) is 0 Å². The Morgan fingerprint density at radius 1 is 1.20 bits per heavy atom. The lowest BCUT2D eigenvalue weighted by molar-refractivity contribution is -0.123. The number of fused-ring (bicyclic) bond motifs is 1. The molecule has 2 rings (SSSR count). The molecule has 0 saturated heterocycles. The molecule has 1 aliphatic carbocycles. The van der Waals surface area contributed by atoms with Gasteiger partial charge in [0.25, 0.3) is 0 Å². The first-order valence-corrected chi connectivity index (χ1v) is 9.54. The molecule has 1 aromatic rings. The van der Waals surface area contributed by atoms with Crippen molar-refractivity contribution < 1.29 is 9.59 Å². The van der Waals surface area contributed by atoms with Crippen molar-refractivity contribution in [1.82, 2.24) is 10.2 Å². The number of nitrogens with one attached hydrogen (secondary N) is 2. The minimum Gasteiger partial charge on any atom is -0.353 e. The van der Waals surface area contributed by atoms with Crippen LogP contribution in [-0.4, -0.2) is 42.9 Å². The summed E-state index contributed by atoms with van der Waals surface area (Å²) in [4.78, 5) is 26.9. The second-order valence-electron chi connectivity index (χ2n) is 6.82. The topological polar surface area (TPSA) is 85.2 Å². The number of thiophene rings is 1. The number of rotatable bonds is 6. The third-order valence-electron chi connectivity index (χ3n) is 4.06. The van der Waals surface area contributed by atoms with E-state index in [0.29, 0.717) is 10.6 Å². The van der Waals surface area contributed by atoms with Crippen molar-refractivity contribution in [1.29, 1.82) is 5.26 Å². The molecule has 0 aliphatic heterocycles. The van der Waals surface area contributed by atoms with Crippen molar-refractivity contribution in [3.8, 4) is 6.07 Å². The first-order chi connectivity index (χ1) is 11.9. The Hall–Kier alpha value is -1.91. The van der Waals surface area contributed by atoms with Gasteiger partial charge in [0, 0.05) is 10.9 Å². The second-order valence-corrected chi connectivity index (χ2v) is 7.93. The van der Waals surface area contributed by atoms with Gasteiger partial charge in [0.05, 0.1) is 18.7 Å². The van der Waals surface area contributed by atoms with Crippen molar-refractivity contribution in [2.45, 2.75) is 52.0 Å². The predicted molar refractivity (Wildman–Crippen MR) is 99.7 cm³/mol. The number of hydrogen-bond donors (Lipinski definition) is 2. The summed E-state index contributed by atoms with van der Waals surface area (Å²) >= 11 is 1.53. The standard InChI is InChI=1S/C18H26N4O2S/c1-12(2)20-16(23)10-22(3)11-17(24)21-18-14(9-19)13-7-5-4-6-8-15(13)25-18/h12H,4-8,10-11H2,1-3H3,(H,20,23)(H,21,24). The van der Waals surface area contributed by atoms with Gasteiger partial charge >= 0.3 is 0 Å². The summed E-state index contributed by atoms with van der Waals surface area (Å²) in [6.07, 6.45) is 5.33. The number of likely N-dealkylation sites (N-methyl/N-ethyl adjacent to an activating group) is 1. The zero-order valence-electron chi connectivity index (χ0n) is 15.1. The molecule has 0 unspecified atom stereocenters. The summed E-state index contributed by atoms with van der Waals surface area (Å²) < 4.78 is 0. The van der Waals surface area contributed by atoms with Gasteiger partial charge < -0.3 is 10.6 Å². The van der Waals surface area contributed by atoms with Gasteiger partial charge in [-0.15, -0.1) is 11.3 Å². The number of carbonyl (C=O) groups is 2. The number of nitrogens with zero attached hydrogens (tertiary/aromatic N) is 2. The zero-order chi connectivity index (χ0) is 18.4. The van der Waals surface area contributed by atoms with Crippen LogP contribution in [0.3, 0.4) is 0 Å². The maximum atomic E-state index is 12.3. The molecular weight excluding hydrogens is 336 g/mol. The predicted octanol–water partition coefficient (Wildman–Crippen LogP) is 2.28. The number of anilines is 1. The molecule has 2 N–H and O–H groups in total. The van der Waals surface area contributed by atoms with Gasteiger partial charge in [-0.05, 0) is 52.1 Å². The summed E-state index contributed by atoms with van der Waals surface area (Å²) in [7, 11) is 1.73. The molecule has 1 aromatic heterocycles. The van der Waals surface area contributed by atoms with E-state index >= 15 is 0 Å². The zero-order valence-corrected chi connectivity index (χ0v) is 16.0. The summed E-state index contributed by atoms with van der Waals surface area (Å²) in [6.45, 7) is 4.07. The molecule has 6 nitrogen and oxygen atoms in total. The minimum absolute atomic E-state index is 0.0782. The molecule has 0 saturated carbocycles. The Labute approximate surface area is 153 Å². The number of amides is 2. The van der Waals surface area contributed by atoms with Crippen molar-refractivity contribution in [2.24, 2.45) is 0 Å². The Morgan fingerprint density at radius 3 is 2.56 bits per heavy atom. The van der Waals surface area contributed by atoms with Gasteiger partial charge in [-0.3, -0.25) is 14.5 Å². The molecule has 136 valence electrons. The summed E-state index contributed by atoms with van der Waals surface area (Å²) in [5.41, 5.74) is 1.74. The van der Waals surface area contributed by atoms with Gasteiger partial charge in [-0.1, -0.05) is 6.42 Å². The SMILES string of the molecule is CC(C)NC(=O)CN(C)CC(=O)Nc1sc2c(c1C#N)CCCCC2. The highest BCUT2D eigenvalue weighted by molar-refractivity contribution is 7.16. The van der Waals surface area contributed by atoms with Crippen LogP contribution in [0.1, 0.15) is 49.1 Å². The van der Waals surface area contributed by atoms with Crippen LogP contribution >= 0.6 is 11.3 Å². The fraction of sp³-hybridized carbons (Fsp3) is 0.611. The number of nitriles is 1. The van der Waals surface area contributed by atoms with Gasteiger partial charge in [0.2, 0.25) is 11.8 Å². The molecular formula is C18H26N4O2S. The third-order valence-corrected chi connectivity index (χ3v) is 5.27.